The Labute approximate surface area is 110 Å². The summed E-state index contributed by atoms with van der Waals surface area (Å²) in [6.45, 7) is 2.08. The molecule has 17 heavy (non-hydrogen) atoms. The molecule has 2 aromatic rings. The lowest BCUT2D eigenvalue weighted by molar-refractivity contribution is 0.718. The number of nitrogens with two attached hydrogens (primary N) is 1. The molecule has 1 atom stereocenters. The van der Waals surface area contributed by atoms with Crippen molar-refractivity contribution < 1.29 is 0 Å². The second-order valence-corrected chi connectivity index (χ2v) is 5.15. The van der Waals surface area contributed by atoms with Crippen LogP contribution in [0.4, 0.5) is 0 Å². The minimum absolute atomic E-state index is 0.0194. The van der Waals surface area contributed by atoms with Crippen LogP contribution in [0.2, 0.25) is 0 Å². The fourth-order valence-corrected chi connectivity index (χ4v) is 2.25. The number of hydrogen-bond acceptors (Lipinski definition) is 2. The minimum atomic E-state index is 0.0194. The largest absolute Gasteiger partial charge is 0.324 e. The van der Waals surface area contributed by atoms with Crippen LogP contribution >= 0.6 is 15.9 Å². The molecule has 2 N–H and O–H groups in total. The van der Waals surface area contributed by atoms with Gasteiger partial charge in [-0.1, -0.05) is 29.8 Å². The van der Waals surface area contributed by atoms with Crippen molar-refractivity contribution in [3.05, 3.63) is 63.9 Å². The molecule has 2 rings (SSSR count). The molecule has 0 spiro atoms. The molecular formula is C14H15BrN2. The smallest absolute Gasteiger partial charge is 0.0410 e. The van der Waals surface area contributed by atoms with E-state index in [4.69, 9.17) is 5.73 Å². The zero-order valence-electron chi connectivity index (χ0n) is 9.73. The lowest BCUT2D eigenvalue weighted by Gasteiger charge is -2.12. The molecule has 0 aliphatic heterocycles. The molecule has 88 valence electrons. The zero-order valence-corrected chi connectivity index (χ0v) is 11.3. The molecular weight excluding hydrogens is 276 g/mol. The van der Waals surface area contributed by atoms with E-state index in [0.717, 1.165) is 16.5 Å². The Bertz CT molecular complexity index is 511. The van der Waals surface area contributed by atoms with E-state index in [-0.39, 0.29) is 6.04 Å². The Morgan fingerprint density at radius 3 is 2.82 bits per heavy atom. The summed E-state index contributed by atoms with van der Waals surface area (Å²) in [5.41, 5.74) is 9.76. The van der Waals surface area contributed by atoms with Gasteiger partial charge < -0.3 is 5.73 Å². The number of pyridine rings is 1. The first-order valence-corrected chi connectivity index (χ1v) is 6.36. The van der Waals surface area contributed by atoms with Crippen LogP contribution in [0.25, 0.3) is 0 Å². The van der Waals surface area contributed by atoms with Gasteiger partial charge in [0.15, 0.2) is 0 Å². The number of rotatable bonds is 3. The average Bonchev–Trinajstić information content (AvgIpc) is 2.29. The summed E-state index contributed by atoms with van der Waals surface area (Å²) in [5, 5.41) is 0. The van der Waals surface area contributed by atoms with Crippen molar-refractivity contribution in [3.63, 3.8) is 0 Å². The van der Waals surface area contributed by atoms with E-state index in [9.17, 15) is 0 Å². The van der Waals surface area contributed by atoms with E-state index in [2.05, 4.69) is 52.1 Å². The predicted molar refractivity (Wildman–Crippen MR) is 73.7 cm³/mol. The van der Waals surface area contributed by atoms with Gasteiger partial charge in [-0.3, -0.25) is 4.98 Å². The predicted octanol–water partition coefficient (Wildman–Crippen LogP) is 3.40. The second kappa shape index (κ2) is 5.43. The quantitative estimate of drug-likeness (QED) is 0.941. The van der Waals surface area contributed by atoms with E-state index < -0.39 is 0 Å². The highest BCUT2D eigenvalue weighted by molar-refractivity contribution is 9.10. The fourth-order valence-electron chi connectivity index (χ4n) is 1.84. The summed E-state index contributed by atoms with van der Waals surface area (Å²) in [6.07, 6.45) is 4.44. The fraction of sp³-hybridized carbons (Fsp3) is 0.214. The van der Waals surface area contributed by atoms with E-state index >= 15 is 0 Å². The summed E-state index contributed by atoms with van der Waals surface area (Å²) in [5.74, 6) is 0. The highest BCUT2D eigenvalue weighted by Gasteiger charge is 2.07. The van der Waals surface area contributed by atoms with Gasteiger partial charge in [-0.2, -0.15) is 0 Å². The number of benzene rings is 1. The number of nitrogens with zero attached hydrogens (tertiary/aromatic N) is 1. The topological polar surface area (TPSA) is 38.9 Å². The molecule has 1 aromatic heterocycles. The number of hydrogen-bond donors (Lipinski definition) is 1. The van der Waals surface area contributed by atoms with Gasteiger partial charge in [0.05, 0.1) is 0 Å². The average molecular weight is 291 g/mol. The Hall–Kier alpha value is -1.19. The van der Waals surface area contributed by atoms with Crippen LogP contribution in [-0.2, 0) is 6.42 Å². The van der Waals surface area contributed by atoms with Gasteiger partial charge >= 0.3 is 0 Å². The van der Waals surface area contributed by atoms with Gasteiger partial charge in [-0.15, -0.1) is 0 Å². The van der Waals surface area contributed by atoms with Crippen LogP contribution in [-0.4, -0.2) is 4.98 Å². The lowest BCUT2D eigenvalue weighted by atomic mass is 9.99. The summed E-state index contributed by atoms with van der Waals surface area (Å²) in [7, 11) is 0. The van der Waals surface area contributed by atoms with Crippen LogP contribution in [0.3, 0.4) is 0 Å². The maximum absolute atomic E-state index is 6.20. The summed E-state index contributed by atoms with van der Waals surface area (Å²) in [6, 6.07) is 10.4. The number of aromatic nitrogens is 1. The number of aryl methyl sites for hydroxylation is 1. The molecule has 0 radical (unpaired) electrons. The monoisotopic (exact) mass is 290 g/mol. The normalized spacial score (nSPS) is 12.4. The van der Waals surface area contributed by atoms with E-state index in [0.29, 0.717) is 0 Å². The molecule has 0 saturated heterocycles. The number of halogens is 1. The maximum Gasteiger partial charge on any atom is 0.0410 e. The van der Waals surface area contributed by atoms with Crippen LogP contribution in [0.5, 0.6) is 0 Å². The van der Waals surface area contributed by atoms with E-state index in [1.807, 2.05) is 12.3 Å². The first-order valence-electron chi connectivity index (χ1n) is 5.57. The first kappa shape index (κ1) is 12.3. The third-order valence-corrected chi connectivity index (χ3v) is 3.12. The first-order chi connectivity index (χ1) is 8.15. The molecule has 0 fully saturated rings. The van der Waals surface area contributed by atoms with Gasteiger partial charge in [-0.05, 0) is 46.5 Å². The van der Waals surface area contributed by atoms with Gasteiger partial charge in [-0.25, -0.2) is 0 Å². The zero-order chi connectivity index (χ0) is 12.3. The van der Waals surface area contributed by atoms with Crippen LogP contribution in [0.1, 0.15) is 22.7 Å². The van der Waals surface area contributed by atoms with Crippen molar-refractivity contribution in [2.45, 2.75) is 19.4 Å². The van der Waals surface area contributed by atoms with Gasteiger partial charge in [0.25, 0.3) is 0 Å². The molecule has 0 amide bonds. The molecule has 3 heteroatoms. The van der Waals surface area contributed by atoms with Crippen molar-refractivity contribution in [1.29, 1.82) is 0 Å². The Balaban J connectivity index is 2.14. The minimum Gasteiger partial charge on any atom is -0.324 e. The third-order valence-electron chi connectivity index (χ3n) is 2.69. The van der Waals surface area contributed by atoms with Crippen LogP contribution < -0.4 is 5.73 Å². The van der Waals surface area contributed by atoms with Gasteiger partial charge in [0, 0.05) is 22.9 Å². The lowest BCUT2D eigenvalue weighted by Crippen LogP contribution is -2.13. The van der Waals surface area contributed by atoms with Crippen LogP contribution in [0, 0.1) is 6.92 Å². The van der Waals surface area contributed by atoms with Gasteiger partial charge in [0.2, 0.25) is 0 Å². The molecule has 0 saturated carbocycles. The third kappa shape index (κ3) is 3.38. The van der Waals surface area contributed by atoms with E-state index in [1.165, 1.54) is 11.1 Å². The summed E-state index contributed by atoms with van der Waals surface area (Å²) >= 11 is 3.42. The molecule has 0 aliphatic carbocycles. The standard InChI is InChI=1S/C14H15BrN2/c1-10-3-2-4-12(5-10)14(16)7-11-6-13(15)9-17-8-11/h2-6,8-9,14H,7,16H2,1H3. The van der Waals surface area contributed by atoms with Crippen molar-refractivity contribution in [2.24, 2.45) is 5.73 Å². The SMILES string of the molecule is Cc1cccc(C(N)Cc2cncc(Br)c2)c1. The molecule has 1 heterocycles. The molecule has 0 bridgehead atoms. The van der Waals surface area contributed by atoms with Crippen molar-refractivity contribution in [3.8, 4) is 0 Å². The van der Waals surface area contributed by atoms with Crippen LogP contribution in [0.15, 0.2) is 47.2 Å². The Morgan fingerprint density at radius 2 is 2.12 bits per heavy atom. The van der Waals surface area contributed by atoms with Gasteiger partial charge in [0.1, 0.15) is 0 Å². The summed E-state index contributed by atoms with van der Waals surface area (Å²) in [4.78, 5) is 4.15. The van der Waals surface area contributed by atoms with Crippen molar-refractivity contribution >= 4 is 15.9 Å². The Morgan fingerprint density at radius 1 is 1.29 bits per heavy atom. The van der Waals surface area contributed by atoms with Crippen molar-refractivity contribution in [2.75, 3.05) is 0 Å². The molecule has 2 nitrogen and oxygen atoms in total. The van der Waals surface area contributed by atoms with E-state index in [1.54, 1.807) is 6.20 Å². The highest BCUT2D eigenvalue weighted by atomic mass is 79.9. The molecule has 0 aliphatic rings. The Kier molecular flexibility index (Phi) is 3.92. The highest BCUT2D eigenvalue weighted by Crippen LogP contribution is 2.18. The van der Waals surface area contributed by atoms with Crippen molar-refractivity contribution in [1.82, 2.24) is 4.98 Å². The molecule has 1 aromatic carbocycles. The summed E-state index contributed by atoms with van der Waals surface area (Å²) < 4.78 is 0.992. The maximum atomic E-state index is 6.20. The second-order valence-electron chi connectivity index (χ2n) is 4.24. The molecule has 1 unspecified atom stereocenters.